The summed E-state index contributed by atoms with van der Waals surface area (Å²) in [6.07, 6.45) is 3.37. The Hall–Kier alpha value is -2.47. The number of anilines is 2. The highest BCUT2D eigenvalue weighted by Crippen LogP contribution is 2.34. The third-order valence-corrected chi connectivity index (χ3v) is 3.97. The summed E-state index contributed by atoms with van der Waals surface area (Å²) in [5.41, 5.74) is 1.84. The first kappa shape index (κ1) is 13.5. The molecule has 0 fully saturated rings. The fraction of sp³-hybridized carbons (Fsp3) is 0.133. The van der Waals surface area contributed by atoms with Gasteiger partial charge in [0.2, 0.25) is 5.91 Å². The van der Waals surface area contributed by atoms with E-state index in [1.165, 1.54) is 18.0 Å². The van der Waals surface area contributed by atoms with E-state index >= 15 is 0 Å². The fourth-order valence-corrected chi connectivity index (χ4v) is 2.98. The molecule has 21 heavy (non-hydrogen) atoms. The minimum atomic E-state index is -0.177. The van der Waals surface area contributed by atoms with Gasteiger partial charge < -0.3 is 10.6 Å². The second kappa shape index (κ2) is 5.14. The van der Waals surface area contributed by atoms with Crippen molar-refractivity contribution in [3.8, 4) is 0 Å². The van der Waals surface area contributed by atoms with E-state index in [4.69, 9.17) is 0 Å². The van der Waals surface area contributed by atoms with Gasteiger partial charge in [0, 0.05) is 22.2 Å². The number of hydrogen-bond acceptors (Lipinski definition) is 4. The van der Waals surface area contributed by atoms with E-state index in [0.717, 1.165) is 4.88 Å². The first-order valence-electron chi connectivity index (χ1n) is 6.40. The molecule has 2 amide bonds. The van der Waals surface area contributed by atoms with Crippen LogP contribution in [0.1, 0.15) is 22.2 Å². The van der Waals surface area contributed by atoms with Crippen LogP contribution in [-0.2, 0) is 9.59 Å². The molecule has 1 aliphatic heterocycles. The van der Waals surface area contributed by atoms with E-state index in [1.54, 1.807) is 17.4 Å². The van der Waals surface area contributed by atoms with Crippen molar-refractivity contribution in [1.82, 2.24) is 4.98 Å². The van der Waals surface area contributed by atoms with Gasteiger partial charge in [-0.1, -0.05) is 0 Å². The second-order valence-corrected chi connectivity index (χ2v) is 6.08. The molecule has 0 aromatic carbocycles. The molecule has 3 rings (SSSR count). The van der Waals surface area contributed by atoms with E-state index < -0.39 is 0 Å². The molecule has 2 aromatic rings. The lowest BCUT2D eigenvalue weighted by molar-refractivity contribution is -0.114. The van der Waals surface area contributed by atoms with Crippen LogP contribution in [0.4, 0.5) is 11.5 Å². The van der Waals surface area contributed by atoms with Gasteiger partial charge in [-0.2, -0.15) is 0 Å². The molecular formula is C15H13N3O2S. The van der Waals surface area contributed by atoms with Gasteiger partial charge in [0.1, 0.15) is 5.82 Å². The third-order valence-electron chi connectivity index (χ3n) is 3.02. The van der Waals surface area contributed by atoms with E-state index in [-0.39, 0.29) is 11.8 Å². The molecule has 1 aliphatic rings. The van der Waals surface area contributed by atoms with Crippen molar-refractivity contribution in [2.45, 2.75) is 13.8 Å². The number of nitrogens with zero attached hydrogens (tertiary/aromatic N) is 1. The zero-order valence-corrected chi connectivity index (χ0v) is 12.4. The summed E-state index contributed by atoms with van der Waals surface area (Å²) in [6.45, 7) is 3.45. The largest absolute Gasteiger partial charge is 0.325 e. The normalized spacial score (nSPS) is 15.0. The molecule has 0 bridgehead atoms. The molecule has 3 heterocycles. The van der Waals surface area contributed by atoms with E-state index in [9.17, 15) is 9.59 Å². The topological polar surface area (TPSA) is 71.1 Å². The number of thiophene rings is 1. The second-order valence-electron chi connectivity index (χ2n) is 4.76. The number of carbonyl (C=O) groups is 2. The Morgan fingerprint density at radius 1 is 1.43 bits per heavy atom. The molecule has 2 N–H and O–H groups in total. The molecule has 0 saturated carbocycles. The lowest BCUT2D eigenvalue weighted by Crippen LogP contribution is -2.06. The zero-order valence-electron chi connectivity index (χ0n) is 11.6. The van der Waals surface area contributed by atoms with Gasteiger partial charge in [0.25, 0.3) is 5.91 Å². The zero-order chi connectivity index (χ0) is 15.0. The molecule has 2 aromatic heterocycles. The average molecular weight is 299 g/mol. The lowest BCUT2D eigenvalue weighted by atomic mass is 10.1. The highest BCUT2D eigenvalue weighted by molar-refractivity contribution is 7.12. The number of pyridine rings is 1. The van der Waals surface area contributed by atoms with Gasteiger partial charge >= 0.3 is 0 Å². The van der Waals surface area contributed by atoms with Crippen LogP contribution in [-0.4, -0.2) is 16.8 Å². The number of aromatic nitrogens is 1. The molecule has 0 spiro atoms. The van der Waals surface area contributed by atoms with Gasteiger partial charge in [0.15, 0.2) is 0 Å². The van der Waals surface area contributed by atoms with E-state index in [2.05, 4.69) is 15.6 Å². The maximum atomic E-state index is 12.1. The Morgan fingerprint density at radius 2 is 2.24 bits per heavy atom. The van der Waals surface area contributed by atoms with E-state index in [1.807, 2.05) is 25.1 Å². The van der Waals surface area contributed by atoms with Gasteiger partial charge in [0.05, 0.1) is 17.5 Å². The first-order valence-corrected chi connectivity index (χ1v) is 7.22. The monoisotopic (exact) mass is 299 g/mol. The third kappa shape index (κ3) is 2.71. The molecule has 0 saturated heterocycles. The molecule has 0 radical (unpaired) electrons. The number of carbonyl (C=O) groups excluding carboxylic acids is 2. The summed E-state index contributed by atoms with van der Waals surface area (Å²) < 4.78 is 0. The quantitative estimate of drug-likeness (QED) is 0.838. The van der Waals surface area contributed by atoms with Crippen molar-refractivity contribution in [2.24, 2.45) is 0 Å². The molecule has 106 valence electrons. The maximum absolute atomic E-state index is 12.1. The average Bonchev–Trinajstić information content (AvgIpc) is 2.95. The number of amides is 2. The molecular weight excluding hydrogens is 286 g/mol. The van der Waals surface area contributed by atoms with Crippen molar-refractivity contribution >= 4 is 46.3 Å². The minimum absolute atomic E-state index is 0.173. The van der Waals surface area contributed by atoms with Crippen molar-refractivity contribution < 1.29 is 9.59 Å². The lowest BCUT2D eigenvalue weighted by Gasteiger charge is -2.03. The number of aryl methyl sites for hydroxylation is 1. The van der Waals surface area contributed by atoms with Gasteiger partial charge in [-0.3, -0.25) is 9.59 Å². The Balaban J connectivity index is 2.03. The highest BCUT2D eigenvalue weighted by Gasteiger charge is 2.26. The Kier molecular flexibility index (Phi) is 3.31. The Morgan fingerprint density at radius 3 is 2.90 bits per heavy atom. The van der Waals surface area contributed by atoms with Crippen molar-refractivity contribution in [2.75, 3.05) is 10.6 Å². The van der Waals surface area contributed by atoms with Crippen LogP contribution < -0.4 is 10.6 Å². The van der Waals surface area contributed by atoms with Gasteiger partial charge in [-0.25, -0.2) is 4.98 Å². The summed E-state index contributed by atoms with van der Waals surface area (Å²) in [6, 6.07) is 5.74. The summed E-state index contributed by atoms with van der Waals surface area (Å²) in [5, 5.41) is 5.40. The molecule has 0 unspecified atom stereocenters. The van der Waals surface area contributed by atoms with Crippen molar-refractivity contribution in [3.63, 3.8) is 0 Å². The van der Waals surface area contributed by atoms with Crippen LogP contribution in [0.15, 0.2) is 24.4 Å². The molecule has 0 atom stereocenters. The molecule has 6 heteroatoms. The predicted octanol–water partition coefficient (Wildman–Crippen LogP) is 2.90. The van der Waals surface area contributed by atoms with Crippen LogP contribution in [0.3, 0.4) is 0 Å². The van der Waals surface area contributed by atoms with Gasteiger partial charge in [-0.05, 0) is 31.2 Å². The van der Waals surface area contributed by atoms with Crippen LogP contribution in [0, 0.1) is 6.92 Å². The van der Waals surface area contributed by atoms with Crippen LogP contribution >= 0.6 is 11.3 Å². The number of fused-ring (bicyclic) bond motifs is 1. The Bertz CT molecular complexity index is 777. The number of nitrogens with one attached hydrogen (secondary N) is 2. The molecule has 0 aliphatic carbocycles. The first-order chi connectivity index (χ1) is 10.0. The smallest absolute Gasteiger partial charge is 0.257 e. The highest BCUT2D eigenvalue weighted by atomic mass is 32.1. The van der Waals surface area contributed by atoms with Crippen molar-refractivity contribution in [1.29, 1.82) is 0 Å². The number of hydrogen-bond donors (Lipinski definition) is 2. The summed E-state index contributed by atoms with van der Waals surface area (Å²) in [5.74, 6) is 0.172. The summed E-state index contributed by atoms with van der Waals surface area (Å²) >= 11 is 1.62. The SMILES string of the molecule is CC(=O)Nc1cnc2c(c1)C(=Cc1ccc(C)s1)C(=O)N2. The Labute approximate surface area is 125 Å². The fourth-order valence-electron chi connectivity index (χ4n) is 2.16. The van der Waals surface area contributed by atoms with Crippen molar-refractivity contribution in [3.05, 3.63) is 39.7 Å². The van der Waals surface area contributed by atoms with Crippen LogP contribution in [0.25, 0.3) is 11.6 Å². The summed E-state index contributed by atoms with van der Waals surface area (Å²) in [7, 11) is 0. The summed E-state index contributed by atoms with van der Waals surface area (Å²) in [4.78, 5) is 29.6. The molecule has 5 nitrogen and oxygen atoms in total. The van der Waals surface area contributed by atoms with E-state index in [0.29, 0.717) is 22.6 Å². The van der Waals surface area contributed by atoms with Gasteiger partial charge in [-0.15, -0.1) is 11.3 Å². The maximum Gasteiger partial charge on any atom is 0.257 e. The minimum Gasteiger partial charge on any atom is -0.325 e. The van der Waals surface area contributed by atoms with Crippen LogP contribution in [0.5, 0.6) is 0 Å². The standard InChI is InChI=1S/C15H13N3O2S/c1-8-3-4-11(21-8)6-13-12-5-10(17-9(2)19)7-16-14(12)18-15(13)20/h3-7H,1-2H3,(H,17,19)(H,16,18,20). The number of rotatable bonds is 2. The predicted molar refractivity (Wildman–Crippen MR) is 84.1 cm³/mol. The van der Waals surface area contributed by atoms with Crippen LogP contribution in [0.2, 0.25) is 0 Å².